The molecule has 0 fully saturated rings. The van der Waals surface area contributed by atoms with E-state index in [1.807, 2.05) is 25.1 Å². The molecule has 1 aromatic rings. The lowest BCUT2D eigenvalue weighted by atomic mass is 10.1. The van der Waals surface area contributed by atoms with Gasteiger partial charge in [-0.1, -0.05) is 19.1 Å². The zero-order valence-electron chi connectivity index (χ0n) is 13.6. The van der Waals surface area contributed by atoms with Crippen LogP contribution in [0, 0.1) is 6.92 Å². The van der Waals surface area contributed by atoms with Gasteiger partial charge in [0.15, 0.2) is 9.84 Å². The fourth-order valence-electron chi connectivity index (χ4n) is 2.04. The SMILES string of the molecule is CCNC(C)c1ccc(C)cc1OCCS(=O)(=O)C(C)C. The van der Waals surface area contributed by atoms with Gasteiger partial charge in [-0.15, -0.1) is 0 Å². The van der Waals surface area contributed by atoms with Crippen molar-refractivity contribution in [1.82, 2.24) is 5.32 Å². The summed E-state index contributed by atoms with van der Waals surface area (Å²) in [4.78, 5) is 0. The minimum absolute atomic E-state index is 0.0492. The molecule has 1 N–H and O–H groups in total. The Balaban J connectivity index is 2.80. The summed E-state index contributed by atoms with van der Waals surface area (Å²) in [6, 6.07) is 6.22. The second-order valence-corrected chi connectivity index (χ2v) is 8.26. The summed E-state index contributed by atoms with van der Waals surface area (Å²) in [5.41, 5.74) is 2.16. The van der Waals surface area contributed by atoms with Gasteiger partial charge in [0.25, 0.3) is 0 Å². The van der Waals surface area contributed by atoms with Crippen molar-refractivity contribution in [1.29, 1.82) is 0 Å². The van der Waals surface area contributed by atoms with Crippen LogP contribution >= 0.6 is 0 Å². The molecule has 0 radical (unpaired) electrons. The molecular weight excluding hydrogens is 286 g/mol. The summed E-state index contributed by atoms with van der Waals surface area (Å²) < 4.78 is 29.4. The monoisotopic (exact) mass is 313 g/mol. The number of ether oxygens (including phenoxy) is 1. The van der Waals surface area contributed by atoms with Gasteiger partial charge in [0.2, 0.25) is 0 Å². The van der Waals surface area contributed by atoms with Gasteiger partial charge in [0, 0.05) is 11.6 Å². The summed E-state index contributed by atoms with van der Waals surface area (Å²) in [6.45, 7) is 10.6. The maximum atomic E-state index is 11.8. The van der Waals surface area contributed by atoms with Crippen LogP contribution in [0.2, 0.25) is 0 Å². The predicted molar refractivity (Wildman–Crippen MR) is 87.7 cm³/mol. The molecule has 1 atom stereocenters. The second kappa shape index (κ2) is 7.80. The predicted octanol–water partition coefficient (Wildman–Crippen LogP) is 2.87. The molecule has 0 saturated carbocycles. The number of nitrogens with one attached hydrogen (secondary N) is 1. The Bertz CT molecular complexity index is 553. The van der Waals surface area contributed by atoms with E-state index in [-0.39, 0.29) is 23.7 Å². The normalized spacial score (nSPS) is 13.4. The fourth-order valence-corrected chi connectivity index (χ4v) is 2.83. The minimum atomic E-state index is -3.06. The van der Waals surface area contributed by atoms with Crippen molar-refractivity contribution < 1.29 is 13.2 Å². The molecule has 0 amide bonds. The van der Waals surface area contributed by atoms with E-state index >= 15 is 0 Å². The Morgan fingerprint density at radius 2 is 1.90 bits per heavy atom. The molecule has 120 valence electrons. The Morgan fingerprint density at radius 1 is 1.24 bits per heavy atom. The topological polar surface area (TPSA) is 55.4 Å². The lowest BCUT2D eigenvalue weighted by Gasteiger charge is -2.18. The van der Waals surface area contributed by atoms with E-state index in [2.05, 4.69) is 19.2 Å². The van der Waals surface area contributed by atoms with Crippen LogP contribution in [0.1, 0.15) is 44.9 Å². The van der Waals surface area contributed by atoms with Crippen LogP contribution in [-0.2, 0) is 9.84 Å². The molecule has 1 aromatic carbocycles. The Labute approximate surface area is 128 Å². The van der Waals surface area contributed by atoms with E-state index in [1.165, 1.54) is 0 Å². The van der Waals surface area contributed by atoms with Crippen LogP contribution in [-0.4, -0.2) is 32.6 Å². The summed E-state index contributed by atoms with van der Waals surface area (Å²) in [5.74, 6) is 0.815. The average molecular weight is 313 g/mol. The van der Waals surface area contributed by atoms with Gasteiger partial charge < -0.3 is 10.1 Å². The third kappa shape index (κ3) is 5.32. The molecule has 0 aromatic heterocycles. The summed E-state index contributed by atoms with van der Waals surface area (Å²) in [7, 11) is -3.06. The molecule has 1 rings (SSSR count). The molecule has 0 aliphatic rings. The van der Waals surface area contributed by atoms with Crippen molar-refractivity contribution in [2.24, 2.45) is 0 Å². The molecule has 0 bridgehead atoms. The standard InChI is InChI=1S/C16H27NO3S/c1-6-17-14(5)15-8-7-13(4)11-16(15)20-9-10-21(18,19)12(2)3/h7-8,11-12,14,17H,6,9-10H2,1-5H3. The maximum Gasteiger partial charge on any atom is 0.155 e. The van der Waals surface area contributed by atoms with Crippen molar-refractivity contribution >= 4 is 9.84 Å². The highest BCUT2D eigenvalue weighted by atomic mass is 32.2. The lowest BCUT2D eigenvalue weighted by Crippen LogP contribution is -2.23. The first kappa shape index (κ1) is 18.0. The molecule has 21 heavy (non-hydrogen) atoms. The van der Waals surface area contributed by atoms with Crippen LogP contribution in [0.15, 0.2) is 18.2 Å². The zero-order valence-corrected chi connectivity index (χ0v) is 14.5. The van der Waals surface area contributed by atoms with E-state index < -0.39 is 9.84 Å². The Morgan fingerprint density at radius 3 is 2.48 bits per heavy atom. The first-order chi connectivity index (χ1) is 9.77. The summed E-state index contributed by atoms with van der Waals surface area (Å²) in [5, 5.41) is 2.99. The molecule has 0 saturated heterocycles. The van der Waals surface area contributed by atoms with E-state index in [0.29, 0.717) is 0 Å². The van der Waals surface area contributed by atoms with Gasteiger partial charge in [-0.25, -0.2) is 8.42 Å². The maximum absolute atomic E-state index is 11.8. The number of sulfone groups is 1. The van der Waals surface area contributed by atoms with Crippen LogP contribution < -0.4 is 10.1 Å². The smallest absolute Gasteiger partial charge is 0.155 e. The van der Waals surface area contributed by atoms with E-state index in [9.17, 15) is 8.42 Å². The number of aryl methyl sites for hydroxylation is 1. The van der Waals surface area contributed by atoms with Crippen LogP contribution in [0.5, 0.6) is 5.75 Å². The van der Waals surface area contributed by atoms with Crippen molar-refractivity contribution in [2.45, 2.75) is 45.9 Å². The van der Waals surface area contributed by atoms with Crippen molar-refractivity contribution in [3.05, 3.63) is 29.3 Å². The Hall–Kier alpha value is -1.07. The highest BCUT2D eigenvalue weighted by Gasteiger charge is 2.17. The molecule has 0 aliphatic heterocycles. The third-order valence-corrected chi connectivity index (χ3v) is 5.66. The number of rotatable bonds is 8. The molecule has 4 nitrogen and oxygen atoms in total. The lowest BCUT2D eigenvalue weighted by molar-refractivity contribution is 0.333. The van der Waals surface area contributed by atoms with Crippen LogP contribution in [0.4, 0.5) is 0 Å². The number of hydrogen-bond acceptors (Lipinski definition) is 4. The van der Waals surface area contributed by atoms with E-state index in [1.54, 1.807) is 13.8 Å². The minimum Gasteiger partial charge on any atom is -0.492 e. The van der Waals surface area contributed by atoms with Crippen molar-refractivity contribution in [3.8, 4) is 5.75 Å². The van der Waals surface area contributed by atoms with Gasteiger partial charge in [-0.05, 0) is 45.9 Å². The second-order valence-electron chi connectivity index (χ2n) is 5.58. The summed E-state index contributed by atoms with van der Waals surface area (Å²) >= 11 is 0. The van der Waals surface area contributed by atoms with Gasteiger partial charge in [0.05, 0.1) is 11.0 Å². The quantitative estimate of drug-likeness (QED) is 0.802. The summed E-state index contributed by atoms with van der Waals surface area (Å²) in [6.07, 6.45) is 0. The molecule has 0 heterocycles. The molecule has 1 unspecified atom stereocenters. The van der Waals surface area contributed by atoms with E-state index in [4.69, 9.17) is 4.74 Å². The highest BCUT2D eigenvalue weighted by Crippen LogP contribution is 2.26. The highest BCUT2D eigenvalue weighted by molar-refractivity contribution is 7.91. The molecule has 0 spiro atoms. The number of benzene rings is 1. The first-order valence-corrected chi connectivity index (χ1v) is 9.17. The van der Waals surface area contributed by atoms with Gasteiger partial charge in [0.1, 0.15) is 12.4 Å². The number of hydrogen-bond donors (Lipinski definition) is 1. The van der Waals surface area contributed by atoms with Crippen LogP contribution in [0.3, 0.4) is 0 Å². The molecule has 5 heteroatoms. The molecular formula is C16H27NO3S. The third-order valence-electron chi connectivity index (χ3n) is 3.49. The van der Waals surface area contributed by atoms with Crippen molar-refractivity contribution in [3.63, 3.8) is 0 Å². The van der Waals surface area contributed by atoms with Gasteiger partial charge in [-0.3, -0.25) is 0 Å². The fraction of sp³-hybridized carbons (Fsp3) is 0.625. The zero-order chi connectivity index (χ0) is 16.0. The van der Waals surface area contributed by atoms with E-state index in [0.717, 1.165) is 23.4 Å². The van der Waals surface area contributed by atoms with Gasteiger partial charge in [-0.2, -0.15) is 0 Å². The van der Waals surface area contributed by atoms with Gasteiger partial charge >= 0.3 is 0 Å². The first-order valence-electron chi connectivity index (χ1n) is 7.46. The Kier molecular flexibility index (Phi) is 6.68. The largest absolute Gasteiger partial charge is 0.492 e. The molecule has 0 aliphatic carbocycles. The van der Waals surface area contributed by atoms with Crippen LogP contribution in [0.25, 0.3) is 0 Å². The average Bonchev–Trinajstić information content (AvgIpc) is 2.38. The van der Waals surface area contributed by atoms with Crippen molar-refractivity contribution in [2.75, 3.05) is 18.9 Å².